The van der Waals surface area contributed by atoms with E-state index in [4.69, 9.17) is 0 Å². The average Bonchev–Trinajstić information content (AvgIpc) is 2.60. The van der Waals surface area contributed by atoms with E-state index in [-0.39, 0.29) is 0 Å². The smallest absolute Gasteiger partial charge is 0.240 e. The summed E-state index contributed by atoms with van der Waals surface area (Å²) < 4.78 is 27.5. The summed E-state index contributed by atoms with van der Waals surface area (Å²) in [4.78, 5) is 2.62. The van der Waals surface area contributed by atoms with E-state index in [1.165, 1.54) is 5.56 Å². The Balaban J connectivity index is 1.91. The molecule has 5 heteroatoms. The minimum atomic E-state index is -3.44. The van der Waals surface area contributed by atoms with Gasteiger partial charge in [0.05, 0.1) is 4.90 Å². The van der Waals surface area contributed by atoms with Crippen LogP contribution in [0.1, 0.15) is 30.9 Å². The largest absolute Gasteiger partial charge is 0.298 e. The summed E-state index contributed by atoms with van der Waals surface area (Å²) in [5.74, 6) is 0. The molecule has 0 aromatic heterocycles. The van der Waals surface area contributed by atoms with E-state index in [2.05, 4.69) is 28.7 Å². The molecule has 0 saturated carbocycles. The monoisotopic (exact) mass is 360 g/mol. The van der Waals surface area contributed by atoms with Gasteiger partial charge in [0.1, 0.15) is 0 Å². The molecule has 0 radical (unpaired) electrons. The van der Waals surface area contributed by atoms with Crippen molar-refractivity contribution >= 4 is 10.0 Å². The molecule has 0 aliphatic carbocycles. The van der Waals surface area contributed by atoms with Gasteiger partial charge in [-0.3, -0.25) is 4.90 Å². The van der Waals surface area contributed by atoms with E-state index in [9.17, 15) is 8.42 Å². The van der Waals surface area contributed by atoms with Crippen molar-refractivity contribution in [2.24, 2.45) is 0 Å². The lowest BCUT2D eigenvalue weighted by molar-refractivity contribution is 0.265. The van der Waals surface area contributed by atoms with Gasteiger partial charge in [-0.25, -0.2) is 13.1 Å². The molecule has 0 aliphatic rings. The van der Waals surface area contributed by atoms with E-state index >= 15 is 0 Å². The summed E-state index contributed by atoms with van der Waals surface area (Å²) in [6, 6.07) is 17.2. The van der Waals surface area contributed by atoms with Crippen LogP contribution in [0, 0.1) is 6.92 Å². The molecule has 0 aliphatic heterocycles. The number of hydrogen-bond acceptors (Lipinski definition) is 3. The van der Waals surface area contributed by atoms with Gasteiger partial charge in [-0.05, 0) is 37.6 Å². The van der Waals surface area contributed by atoms with Crippen LogP contribution in [-0.4, -0.2) is 33.0 Å². The zero-order valence-corrected chi connectivity index (χ0v) is 15.9. The van der Waals surface area contributed by atoms with Crippen molar-refractivity contribution in [3.05, 3.63) is 65.7 Å². The lowest BCUT2D eigenvalue weighted by atomic mass is 10.2. The van der Waals surface area contributed by atoms with Crippen molar-refractivity contribution in [3.8, 4) is 0 Å². The number of unbranched alkanes of at least 4 members (excludes halogenated alkanes) is 1. The highest BCUT2D eigenvalue weighted by molar-refractivity contribution is 7.89. The van der Waals surface area contributed by atoms with Gasteiger partial charge in [0, 0.05) is 19.6 Å². The van der Waals surface area contributed by atoms with Gasteiger partial charge in [0.25, 0.3) is 0 Å². The summed E-state index contributed by atoms with van der Waals surface area (Å²) in [5.41, 5.74) is 2.30. The van der Waals surface area contributed by atoms with Crippen LogP contribution in [-0.2, 0) is 16.6 Å². The number of benzene rings is 2. The Labute approximate surface area is 151 Å². The lowest BCUT2D eigenvalue weighted by Gasteiger charge is -2.22. The minimum absolute atomic E-state index is 0.321. The average molecular weight is 361 g/mol. The Morgan fingerprint density at radius 1 is 0.960 bits per heavy atom. The molecule has 0 heterocycles. The van der Waals surface area contributed by atoms with Crippen molar-refractivity contribution in [2.45, 2.75) is 38.1 Å². The molecule has 25 heavy (non-hydrogen) atoms. The topological polar surface area (TPSA) is 49.4 Å². The van der Waals surface area contributed by atoms with Crippen LogP contribution in [0.5, 0.6) is 0 Å². The summed E-state index contributed by atoms with van der Waals surface area (Å²) in [5, 5.41) is 0. The second-order valence-corrected chi connectivity index (χ2v) is 8.09. The Morgan fingerprint density at radius 3 is 2.28 bits per heavy atom. The predicted molar refractivity (Wildman–Crippen MR) is 103 cm³/mol. The molecule has 4 nitrogen and oxygen atoms in total. The maximum absolute atomic E-state index is 12.4. The third-order valence-electron chi connectivity index (χ3n) is 4.13. The van der Waals surface area contributed by atoms with Gasteiger partial charge < -0.3 is 0 Å². The molecule has 2 aromatic rings. The van der Waals surface area contributed by atoms with Crippen LogP contribution in [0.15, 0.2) is 59.5 Å². The van der Waals surface area contributed by atoms with Gasteiger partial charge in [0.15, 0.2) is 0 Å². The summed E-state index contributed by atoms with van der Waals surface area (Å²) in [6.45, 7) is 7.03. The van der Waals surface area contributed by atoms with Crippen LogP contribution >= 0.6 is 0 Å². The van der Waals surface area contributed by atoms with Crippen molar-refractivity contribution in [1.29, 1.82) is 0 Å². The van der Waals surface area contributed by atoms with Crippen LogP contribution in [0.4, 0.5) is 0 Å². The first-order chi connectivity index (χ1) is 12.0. The van der Waals surface area contributed by atoms with Crippen molar-refractivity contribution in [2.75, 3.05) is 19.6 Å². The van der Waals surface area contributed by atoms with Crippen molar-refractivity contribution in [3.63, 3.8) is 0 Å². The standard InChI is InChI=1S/C20H28N2O2S/c1-3-4-15-22(17-19-8-6-5-7-9-19)16-14-21-25(23,24)20-12-10-18(2)11-13-20/h5-13,21H,3-4,14-17H2,1-2H3. The predicted octanol–water partition coefficient (Wildman–Crippen LogP) is 3.58. The molecule has 0 saturated heterocycles. The lowest BCUT2D eigenvalue weighted by Crippen LogP contribution is -2.35. The number of sulfonamides is 1. The SMILES string of the molecule is CCCCN(CCNS(=O)(=O)c1ccc(C)cc1)Cc1ccccc1. The molecule has 2 rings (SSSR count). The molecule has 136 valence electrons. The molecular weight excluding hydrogens is 332 g/mol. The fourth-order valence-electron chi connectivity index (χ4n) is 2.63. The molecule has 0 atom stereocenters. The summed E-state index contributed by atoms with van der Waals surface area (Å²) >= 11 is 0. The fraction of sp³-hybridized carbons (Fsp3) is 0.400. The first-order valence-electron chi connectivity index (χ1n) is 8.84. The van der Waals surface area contributed by atoms with Gasteiger partial charge >= 0.3 is 0 Å². The number of aryl methyl sites for hydroxylation is 1. The third kappa shape index (κ3) is 6.61. The first-order valence-corrected chi connectivity index (χ1v) is 10.3. The number of nitrogens with one attached hydrogen (secondary N) is 1. The van der Waals surface area contributed by atoms with Crippen LogP contribution in [0.25, 0.3) is 0 Å². The van der Waals surface area contributed by atoms with E-state index in [1.54, 1.807) is 12.1 Å². The number of nitrogens with zero attached hydrogens (tertiary/aromatic N) is 1. The molecule has 0 amide bonds. The molecule has 0 spiro atoms. The Kier molecular flexibility index (Phi) is 7.62. The molecule has 1 N–H and O–H groups in total. The van der Waals surface area contributed by atoms with Gasteiger partial charge in [-0.1, -0.05) is 61.4 Å². The zero-order valence-electron chi connectivity index (χ0n) is 15.1. The Bertz CT molecular complexity index is 728. The third-order valence-corrected chi connectivity index (χ3v) is 5.61. The van der Waals surface area contributed by atoms with E-state index in [0.29, 0.717) is 18.0 Å². The number of hydrogen-bond donors (Lipinski definition) is 1. The van der Waals surface area contributed by atoms with Gasteiger partial charge in [0.2, 0.25) is 10.0 Å². The first kappa shape index (κ1) is 19.6. The fourth-order valence-corrected chi connectivity index (χ4v) is 3.65. The van der Waals surface area contributed by atoms with Crippen LogP contribution in [0.2, 0.25) is 0 Å². The molecular formula is C20H28N2O2S. The highest BCUT2D eigenvalue weighted by atomic mass is 32.2. The Hall–Kier alpha value is -1.69. The molecule has 2 aromatic carbocycles. The minimum Gasteiger partial charge on any atom is -0.298 e. The second-order valence-electron chi connectivity index (χ2n) is 6.33. The quantitative estimate of drug-likeness (QED) is 0.705. The molecule has 0 unspecified atom stereocenters. The maximum Gasteiger partial charge on any atom is 0.240 e. The van der Waals surface area contributed by atoms with Crippen LogP contribution < -0.4 is 4.72 Å². The highest BCUT2D eigenvalue weighted by Crippen LogP contribution is 2.10. The summed E-state index contributed by atoms with van der Waals surface area (Å²) in [7, 11) is -3.44. The van der Waals surface area contributed by atoms with Gasteiger partial charge in [-0.2, -0.15) is 0 Å². The van der Waals surface area contributed by atoms with E-state index in [0.717, 1.165) is 31.5 Å². The van der Waals surface area contributed by atoms with Crippen molar-refractivity contribution in [1.82, 2.24) is 9.62 Å². The Morgan fingerprint density at radius 2 is 1.64 bits per heavy atom. The van der Waals surface area contributed by atoms with Crippen molar-refractivity contribution < 1.29 is 8.42 Å². The van der Waals surface area contributed by atoms with Gasteiger partial charge in [-0.15, -0.1) is 0 Å². The van der Waals surface area contributed by atoms with E-state index < -0.39 is 10.0 Å². The zero-order chi connectivity index (χ0) is 18.1. The van der Waals surface area contributed by atoms with Crippen LogP contribution in [0.3, 0.4) is 0 Å². The molecule has 0 bridgehead atoms. The summed E-state index contributed by atoms with van der Waals surface area (Å²) in [6.07, 6.45) is 2.23. The van der Waals surface area contributed by atoms with E-state index in [1.807, 2.05) is 37.3 Å². The normalized spacial score (nSPS) is 11.8. The molecule has 0 fully saturated rings. The number of rotatable bonds is 10. The highest BCUT2D eigenvalue weighted by Gasteiger charge is 2.14. The second kappa shape index (κ2) is 9.70. The maximum atomic E-state index is 12.4.